The molecule has 0 aromatic rings. The molecule has 278 valence electrons. The number of hydrogen-bond donors (Lipinski definition) is 2. The van der Waals surface area contributed by atoms with Crippen LogP contribution < -0.4 is 0 Å². The molecule has 0 spiro atoms. The summed E-state index contributed by atoms with van der Waals surface area (Å²) in [5, 5.41) is 22.8. The highest BCUT2D eigenvalue weighted by molar-refractivity contribution is 8.19. The highest BCUT2D eigenvalue weighted by Gasteiger charge is 2.06. The van der Waals surface area contributed by atoms with Gasteiger partial charge in [-0.2, -0.15) is 94.1 Å². The Bertz CT molecular complexity index is 771. The van der Waals surface area contributed by atoms with E-state index in [1.54, 1.807) is 58.8 Å². The van der Waals surface area contributed by atoms with Crippen molar-refractivity contribution in [3.05, 3.63) is 0 Å². The van der Waals surface area contributed by atoms with Crippen molar-refractivity contribution in [2.24, 2.45) is 0 Å². The molecular formula is C27H50O6S14. The maximum Gasteiger partial charge on any atom is 0.189 e. The zero-order valence-electron chi connectivity index (χ0n) is 26.7. The van der Waals surface area contributed by atoms with Gasteiger partial charge in [-0.1, -0.05) is 35.3 Å². The van der Waals surface area contributed by atoms with Crippen molar-refractivity contribution in [3.63, 3.8) is 0 Å². The lowest BCUT2D eigenvalue weighted by molar-refractivity contribution is -0.111. The first kappa shape index (κ1) is 50.6. The van der Waals surface area contributed by atoms with Crippen LogP contribution in [0, 0.1) is 0 Å². The van der Waals surface area contributed by atoms with Crippen LogP contribution in [0.15, 0.2) is 0 Å². The van der Waals surface area contributed by atoms with E-state index in [1.807, 2.05) is 35.3 Å². The first-order valence-electron chi connectivity index (χ1n) is 14.8. The Morgan fingerprint density at radius 2 is 0.745 bits per heavy atom. The number of rotatable bonds is 37. The van der Waals surface area contributed by atoms with Crippen LogP contribution in [0.4, 0.5) is 0 Å². The summed E-state index contributed by atoms with van der Waals surface area (Å²) < 4.78 is 12.2. The van der Waals surface area contributed by atoms with Gasteiger partial charge in [0.15, 0.2) is 15.3 Å². The fourth-order valence-corrected chi connectivity index (χ4v) is 17.1. The van der Waals surface area contributed by atoms with E-state index in [0.717, 1.165) is 107 Å². The largest absolute Gasteiger partial charge is 0.386 e. The van der Waals surface area contributed by atoms with Crippen LogP contribution in [0.5, 0.6) is 0 Å². The zero-order chi connectivity index (χ0) is 34.5. The summed E-state index contributed by atoms with van der Waals surface area (Å²) in [6.45, 7) is 0. The Labute approximate surface area is 341 Å². The van der Waals surface area contributed by atoms with Crippen LogP contribution in [-0.2, 0) is 25.2 Å². The summed E-state index contributed by atoms with van der Waals surface area (Å²) in [7, 11) is -0.757. The molecule has 0 saturated heterocycles. The van der Waals surface area contributed by atoms with Gasteiger partial charge in [-0.15, -0.1) is 23.5 Å². The van der Waals surface area contributed by atoms with Crippen LogP contribution in [0.2, 0.25) is 0 Å². The molecule has 0 heterocycles. The molecule has 1 atom stereocenters. The van der Waals surface area contributed by atoms with Crippen molar-refractivity contribution in [3.8, 4) is 0 Å². The summed E-state index contributed by atoms with van der Waals surface area (Å²) in [6.07, 6.45) is 2.76. The van der Waals surface area contributed by atoms with E-state index < -0.39 is 10.8 Å². The lowest BCUT2D eigenvalue weighted by Crippen LogP contribution is -2.06. The van der Waals surface area contributed by atoms with Crippen molar-refractivity contribution in [1.82, 2.24) is 0 Å². The number of hydrogen-bond acceptors (Lipinski definition) is 19. The second-order valence-corrected chi connectivity index (χ2v) is 26.4. The van der Waals surface area contributed by atoms with Crippen LogP contribution in [0.1, 0.15) is 25.7 Å². The van der Waals surface area contributed by atoms with Crippen molar-refractivity contribution in [2.75, 3.05) is 112 Å². The summed E-state index contributed by atoms with van der Waals surface area (Å²) >= 11 is 21.6. The third-order valence-corrected chi connectivity index (χ3v) is 21.3. The topological polar surface area (TPSA) is 109 Å². The van der Waals surface area contributed by atoms with Gasteiger partial charge in [0.25, 0.3) is 0 Å². The van der Waals surface area contributed by atoms with E-state index in [0.29, 0.717) is 19.3 Å². The number of carbonyl (C=O) groups excluding carboxylic acids is 3. The fourth-order valence-electron chi connectivity index (χ4n) is 2.74. The molecule has 0 aromatic carbocycles. The minimum Gasteiger partial charge on any atom is -0.386 e. The van der Waals surface area contributed by atoms with Gasteiger partial charge in [-0.25, -0.2) is 0 Å². The maximum atomic E-state index is 12.2. The molecule has 20 heteroatoms. The number of aliphatic hydroxyl groups excluding tert-OH is 2. The highest BCUT2D eigenvalue weighted by atomic mass is 32.2. The quantitative estimate of drug-likeness (QED) is 0.0463. The summed E-state index contributed by atoms with van der Waals surface area (Å²) in [4.78, 5) is 35.8. The number of carbonyl (C=O) groups is 3. The van der Waals surface area contributed by atoms with E-state index in [2.05, 4.69) is 0 Å². The zero-order valence-corrected chi connectivity index (χ0v) is 38.1. The molecule has 0 amide bonds. The molecule has 0 rings (SSSR count). The lowest BCUT2D eigenvalue weighted by Gasteiger charge is -2.05. The van der Waals surface area contributed by atoms with Crippen LogP contribution in [0.3, 0.4) is 0 Å². The average molecular weight is 920 g/mol. The van der Waals surface area contributed by atoms with Gasteiger partial charge in [0.2, 0.25) is 0 Å². The van der Waals surface area contributed by atoms with Crippen molar-refractivity contribution < 1.29 is 28.8 Å². The van der Waals surface area contributed by atoms with Crippen molar-refractivity contribution in [2.45, 2.75) is 25.7 Å². The molecule has 2 N–H and O–H groups in total. The van der Waals surface area contributed by atoms with E-state index in [-0.39, 0.29) is 27.2 Å². The van der Waals surface area contributed by atoms with Gasteiger partial charge < -0.3 is 10.2 Å². The fraction of sp³-hybridized carbons (Fsp3) is 0.889. The van der Waals surface area contributed by atoms with E-state index in [4.69, 9.17) is 10.2 Å². The van der Waals surface area contributed by atoms with Gasteiger partial charge in [-0.3, -0.25) is 18.6 Å². The summed E-state index contributed by atoms with van der Waals surface area (Å²) in [5.74, 6) is 11.6. The second kappa shape index (κ2) is 42.4. The molecule has 0 aliphatic carbocycles. The smallest absolute Gasteiger partial charge is 0.189 e. The predicted molar refractivity (Wildman–Crippen MR) is 242 cm³/mol. The van der Waals surface area contributed by atoms with E-state index in [9.17, 15) is 18.6 Å². The van der Waals surface area contributed by atoms with Gasteiger partial charge in [-0.05, 0) is 12.2 Å². The third kappa shape index (κ3) is 42.2. The second-order valence-electron chi connectivity index (χ2n) is 8.63. The van der Waals surface area contributed by atoms with Crippen LogP contribution in [0.25, 0.3) is 0 Å². The normalized spacial score (nSPS) is 12.0. The van der Waals surface area contributed by atoms with Gasteiger partial charge >= 0.3 is 0 Å². The SMILES string of the molecule is O=C(CCSCSCCCS(=O)CCSCSCCSC(=O)CCSCSCCC(=O)SCCSCSCO)SCCSCSCO. The molecule has 0 aromatic heterocycles. The molecule has 47 heavy (non-hydrogen) atoms. The molecule has 0 fully saturated rings. The van der Waals surface area contributed by atoms with E-state index >= 15 is 0 Å². The monoisotopic (exact) mass is 918 g/mol. The first-order valence-corrected chi connectivity index (χ1v) is 30.8. The molecular weight excluding hydrogens is 869 g/mol. The molecule has 0 aliphatic heterocycles. The molecule has 1 unspecified atom stereocenters. The Balaban J connectivity index is 3.36. The molecule has 0 saturated carbocycles. The van der Waals surface area contributed by atoms with Gasteiger partial charge in [0, 0.05) is 125 Å². The number of thioether (sulfide) groups is 13. The molecule has 0 bridgehead atoms. The summed E-state index contributed by atoms with van der Waals surface area (Å²) in [6, 6.07) is 0. The summed E-state index contributed by atoms with van der Waals surface area (Å²) in [5.41, 5.74) is 0. The first-order chi connectivity index (χ1) is 23.0. The van der Waals surface area contributed by atoms with Crippen molar-refractivity contribution in [1.29, 1.82) is 0 Å². The lowest BCUT2D eigenvalue weighted by atomic mass is 10.5. The molecule has 0 radical (unpaired) electrons. The minimum absolute atomic E-state index is 0.150. The van der Waals surface area contributed by atoms with Crippen LogP contribution in [-0.4, -0.2) is 142 Å². The standard InChI is InChI=1S/C27H50O6S14/c28-18-42-23-39-10-13-45-25(30)2-6-35-20-34-5-1-16-47(33)17-15-41-22-38-9-12-44-26(31)3-7-36-21-37-8-4-27(32)46-14-11-40-24-43-19-29/h28-29H,1-24H2. The average Bonchev–Trinajstić information content (AvgIpc) is 3.06. The van der Waals surface area contributed by atoms with Crippen LogP contribution >= 0.6 is 153 Å². The maximum absolute atomic E-state index is 12.2. The Morgan fingerprint density at radius 1 is 0.404 bits per heavy atom. The number of aliphatic hydroxyl groups is 2. The minimum atomic E-state index is -0.757. The highest BCUT2D eigenvalue weighted by Crippen LogP contribution is 2.21. The Morgan fingerprint density at radius 3 is 1.15 bits per heavy atom. The van der Waals surface area contributed by atoms with E-state index in [1.165, 1.54) is 58.8 Å². The van der Waals surface area contributed by atoms with Gasteiger partial charge in [0.1, 0.15) is 0 Å². The molecule has 6 nitrogen and oxygen atoms in total. The molecule has 0 aliphatic rings. The third-order valence-electron chi connectivity index (χ3n) is 4.96. The Kier molecular flexibility index (Phi) is 45.6. The van der Waals surface area contributed by atoms with Crippen molar-refractivity contribution >= 4 is 179 Å². The predicted octanol–water partition coefficient (Wildman–Crippen LogP) is 8.09. The van der Waals surface area contributed by atoms with Gasteiger partial charge in [0.05, 0.1) is 11.9 Å². The Hall–Kier alpha value is 3.63.